The lowest BCUT2D eigenvalue weighted by Crippen LogP contribution is -2.57. The van der Waals surface area contributed by atoms with Crippen LogP contribution in [0, 0.1) is 16.7 Å². The zero-order chi connectivity index (χ0) is 27.9. The van der Waals surface area contributed by atoms with Crippen LogP contribution < -0.4 is 9.64 Å². The summed E-state index contributed by atoms with van der Waals surface area (Å²) in [5.74, 6) is 0.0766. The monoisotopic (exact) mass is 566 g/mol. The third-order valence-corrected chi connectivity index (χ3v) is 10.6. The summed E-state index contributed by atoms with van der Waals surface area (Å²) >= 11 is 1.88. The molecule has 4 aliphatic rings. The first-order valence-corrected chi connectivity index (χ1v) is 15.4. The second-order valence-corrected chi connectivity index (χ2v) is 13.1. The maximum Gasteiger partial charge on any atom is 0.318 e. The topological polar surface area (TPSA) is 88.8 Å². The van der Waals surface area contributed by atoms with Crippen LogP contribution in [-0.4, -0.2) is 83.0 Å². The Bertz CT molecular complexity index is 1300. The number of thiophene rings is 1. The number of hydrogen-bond acceptors (Lipinski definition) is 9. The van der Waals surface area contributed by atoms with Gasteiger partial charge in [0.15, 0.2) is 6.23 Å². The van der Waals surface area contributed by atoms with Gasteiger partial charge in [-0.1, -0.05) is 6.58 Å². The predicted octanol–water partition coefficient (Wildman–Crippen LogP) is 3.88. The summed E-state index contributed by atoms with van der Waals surface area (Å²) in [6.07, 6.45) is 7.39. The summed E-state index contributed by atoms with van der Waals surface area (Å²) in [5.41, 5.74) is 3.97. The predicted molar refractivity (Wildman–Crippen MR) is 153 cm³/mol. The number of likely N-dealkylation sites (N-methyl/N-ethyl adjacent to an activating group) is 1. The largest absolute Gasteiger partial charge is 0.462 e. The van der Waals surface area contributed by atoms with Crippen molar-refractivity contribution in [3.8, 4) is 12.1 Å². The molecule has 0 saturated carbocycles. The van der Waals surface area contributed by atoms with E-state index >= 15 is 0 Å². The second-order valence-electron chi connectivity index (χ2n) is 12.1. The van der Waals surface area contributed by atoms with Crippen molar-refractivity contribution in [1.29, 1.82) is 5.26 Å². The Kier molecular flexibility index (Phi) is 7.83. The highest BCUT2D eigenvalue weighted by Crippen LogP contribution is 2.47. The van der Waals surface area contributed by atoms with Gasteiger partial charge in [0.05, 0.1) is 18.2 Å². The lowest BCUT2D eigenvalue weighted by Gasteiger charge is -2.45. The van der Waals surface area contributed by atoms with Gasteiger partial charge in [0, 0.05) is 42.2 Å². The zero-order valence-corrected chi connectivity index (χ0v) is 24.1. The number of ether oxygens (including phenoxy) is 1. The number of aliphatic hydroxyl groups excluding tert-OH is 1. The molecule has 4 atom stereocenters. The van der Waals surface area contributed by atoms with Crippen LogP contribution in [0.3, 0.4) is 0 Å². The van der Waals surface area contributed by atoms with E-state index in [-0.39, 0.29) is 17.9 Å². The van der Waals surface area contributed by atoms with E-state index in [1.807, 2.05) is 11.3 Å². The summed E-state index contributed by atoms with van der Waals surface area (Å²) in [7, 11) is 2.14. The SMILES string of the molecule is C=C(F)C(O)N1CCN(c2nc(OCC3CCCN3C)nc3c2CCC2(CCc4sccc4C2)C3)CC1CC#N. The Morgan fingerprint density at radius 1 is 1.27 bits per heavy atom. The number of nitrogens with zero attached hydrogens (tertiary/aromatic N) is 6. The van der Waals surface area contributed by atoms with Crippen LogP contribution in [-0.2, 0) is 25.7 Å². The molecule has 4 unspecified atom stereocenters. The number of likely N-dealkylation sites (tertiary alicyclic amines) is 1. The molecular weight excluding hydrogens is 527 g/mol. The van der Waals surface area contributed by atoms with Crippen LogP contribution in [0.25, 0.3) is 0 Å². The van der Waals surface area contributed by atoms with Crippen LogP contribution >= 0.6 is 11.3 Å². The minimum Gasteiger partial charge on any atom is -0.462 e. The molecule has 214 valence electrons. The molecule has 2 aliphatic heterocycles. The summed E-state index contributed by atoms with van der Waals surface area (Å²) < 4.78 is 20.1. The highest BCUT2D eigenvalue weighted by atomic mass is 32.1. The zero-order valence-electron chi connectivity index (χ0n) is 23.3. The Morgan fingerprint density at radius 2 is 2.12 bits per heavy atom. The smallest absolute Gasteiger partial charge is 0.318 e. The van der Waals surface area contributed by atoms with Gasteiger partial charge in [-0.25, -0.2) is 4.39 Å². The lowest BCUT2D eigenvalue weighted by molar-refractivity contribution is -0.0167. The second kappa shape index (κ2) is 11.4. The summed E-state index contributed by atoms with van der Waals surface area (Å²) in [6.45, 7) is 6.37. The van der Waals surface area contributed by atoms with E-state index in [1.165, 1.54) is 28.8 Å². The first kappa shape index (κ1) is 27.6. The van der Waals surface area contributed by atoms with Crippen molar-refractivity contribution in [3.05, 3.63) is 45.6 Å². The fourth-order valence-corrected chi connectivity index (χ4v) is 8.16. The Hall–Kier alpha value is -2.58. The lowest BCUT2D eigenvalue weighted by atomic mass is 9.65. The molecule has 2 fully saturated rings. The highest BCUT2D eigenvalue weighted by molar-refractivity contribution is 7.10. The minimum absolute atomic E-state index is 0.178. The highest BCUT2D eigenvalue weighted by Gasteiger charge is 2.41. The van der Waals surface area contributed by atoms with Crippen molar-refractivity contribution < 1.29 is 14.2 Å². The number of anilines is 1. The molecular formula is C30H39FN6O2S. The van der Waals surface area contributed by atoms with E-state index < -0.39 is 12.1 Å². The molecule has 1 spiro atoms. The van der Waals surface area contributed by atoms with Gasteiger partial charge < -0.3 is 19.6 Å². The summed E-state index contributed by atoms with van der Waals surface area (Å²) in [4.78, 5) is 17.7. The van der Waals surface area contributed by atoms with E-state index in [0.717, 1.165) is 56.6 Å². The molecule has 6 rings (SSSR count). The molecule has 40 heavy (non-hydrogen) atoms. The van der Waals surface area contributed by atoms with E-state index in [4.69, 9.17) is 14.7 Å². The number of piperazine rings is 1. The average Bonchev–Trinajstić information content (AvgIpc) is 3.58. The molecule has 2 saturated heterocycles. The third kappa shape index (κ3) is 5.37. The number of aliphatic hydroxyl groups is 1. The van der Waals surface area contributed by atoms with Crippen LogP contribution in [0.4, 0.5) is 10.2 Å². The third-order valence-electron chi connectivity index (χ3n) is 9.61. The molecule has 0 bridgehead atoms. The molecule has 2 aromatic heterocycles. The molecule has 10 heteroatoms. The van der Waals surface area contributed by atoms with Gasteiger partial charge in [-0.3, -0.25) is 4.90 Å². The Morgan fingerprint density at radius 3 is 2.90 bits per heavy atom. The Labute approximate surface area is 240 Å². The van der Waals surface area contributed by atoms with Crippen molar-refractivity contribution in [1.82, 2.24) is 19.8 Å². The molecule has 4 heterocycles. The average molecular weight is 567 g/mol. The first-order valence-electron chi connectivity index (χ1n) is 14.5. The van der Waals surface area contributed by atoms with Crippen LogP contribution in [0.1, 0.15) is 53.8 Å². The summed E-state index contributed by atoms with van der Waals surface area (Å²) in [6, 6.07) is 4.96. The molecule has 1 N–H and O–H groups in total. The number of nitriles is 1. The van der Waals surface area contributed by atoms with Gasteiger partial charge in [0.1, 0.15) is 18.3 Å². The fourth-order valence-electron chi connectivity index (χ4n) is 7.25. The maximum absolute atomic E-state index is 13.9. The number of fused-ring (bicyclic) bond motifs is 2. The number of aryl methyl sites for hydroxylation is 1. The molecule has 8 nitrogen and oxygen atoms in total. The van der Waals surface area contributed by atoms with Crippen molar-refractivity contribution in [2.45, 2.75) is 76.1 Å². The molecule has 0 radical (unpaired) electrons. The maximum atomic E-state index is 13.9. The molecule has 0 amide bonds. The molecule has 2 aromatic rings. The van der Waals surface area contributed by atoms with Crippen molar-refractivity contribution in [3.63, 3.8) is 0 Å². The standard InChI is InChI=1S/C30H39FN6O2S/c1-20(31)28(38)37-14-13-36(18-22(37)7-11-32)27-24-5-9-30(10-6-26-21(16-30)8-15-40-26)17-25(24)33-29(34-27)39-19-23-4-3-12-35(23)2/h8,15,22-23,28,38H,1,3-7,9-10,12-14,16-19H2,2H3. The number of hydrogen-bond donors (Lipinski definition) is 1. The number of halogens is 1. The number of aromatic nitrogens is 2. The minimum atomic E-state index is -1.41. The molecule has 0 aromatic carbocycles. The van der Waals surface area contributed by atoms with Gasteiger partial charge in [-0.15, -0.1) is 11.3 Å². The van der Waals surface area contributed by atoms with Crippen molar-refractivity contribution >= 4 is 17.2 Å². The van der Waals surface area contributed by atoms with Crippen molar-refractivity contribution in [2.75, 3.05) is 44.7 Å². The van der Waals surface area contributed by atoms with Crippen molar-refractivity contribution in [2.24, 2.45) is 5.41 Å². The van der Waals surface area contributed by atoms with E-state index in [0.29, 0.717) is 38.3 Å². The first-order chi connectivity index (χ1) is 19.4. The van der Waals surface area contributed by atoms with E-state index in [9.17, 15) is 14.8 Å². The number of rotatable bonds is 7. The normalized spacial score (nSPS) is 27.7. The van der Waals surface area contributed by atoms with Crippen LogP contribution in [0.5, 0.6) is 6.01 Å². The van der Waals surface area contributed by atoms with Gasteiger partial charge in [0.25, 0.3) is 0 Å². The van der Waals surface area contributed by atoms with Gasteiger partial charge in [-0.05, 0) is 87.4 Å². The van der Waals surface area contributed by atoms with E-state index in [1.54, 1.807) is 4.90 Å². The van der Waals surface area contributed by atoms with E-state index in [2.05, 4.69) is 40.9 Å². The quantitative estimate of drug-likeness (QED) is 0.540. The van der Waals surface area contributed by atoms with Gasteiger partial charge in [0.2, 0.25) is 0 Å². The molecule has 2 aliphatic carbocycles. The van der Waals surface area contributed by atoms with Crippen LogP contribution in [0.2, 0.25) is 0 Å². The van der Waals surface area contributed by atoms with Gasteiger partial charge >= 0.3 is 6.01 Å². The van der Waals surface area contributed by atoms with Crippen LogP contribution in [0.15, 0.2) is 23.9 Å². The summed E-state index contributed by atoms with van der Waals surface area (Å²) in [5, 5.41) is 22.1. The fraction of sp³-hybridized carbons (Fsp3) is 0.633. The Balaban J connectivity index is 1.30. The van der Waals surface area contributed by atoms with Gasteiger partial charge in [-0.2, -0.15) is 15.2 Å².